The van der Waals surface area contributed by atoms with E-state index in [0.29, 0.717) is 27.2 Å². The van der Waals surface area contributed by atoms with Crippen LogP contribution in [0, 0.1) is 6.92 Å². The first-order valence-corrected chi connectivity index (χ1v) is 12.8. The van der Waals surface area contributed by atoms with Gasteiger partial charge >= 0.3 is 29.6 Å². The van der Waals surface area contributed by atoms with E-state index in [1.807, 2.05) is 0 Å². The zero-order valence-corrected chi connectivity index (χ0v) is 24.6. The van der Waals surface area contributed by atoms with Crippen LogP contribution in [0.25, 0.3) is 10.8 Å². The Bertz CT molecular complexity index is 1700. The Labute approximate surface area is 250 Å². The van der Waals surface area contributed by atoms with Gasteiger partial charge in [0.25, 0.3) is 16.0 Å². The second kappa shape index (κ2) is 12.0. The van der Waals surface area contributed by atoms with Gasteiger partial charge in [-0.25, -0.2) is 0 Å². The molecule has 0 aliphatic rings. The summed E-state index contributed by atoms with van der Waals surface area (Å²) in [6, 6.07) is 15.2. The molecule has 4 aromatic rings. The summed E-state index contributed by atoms with van der Waals surface area (Å²) < 4.78 is 38.1. The van der Waals surface area contributed by atoms with Crippen LogP contribution >= 0.6 is 23.2 Å². The van der Waals surface area contributed by atoms with Crippen LogP contribution in [0.1, 0.15) is 15.9 Å². The maximum Gasteiger partial charge on any atom is 1.00 e. The Balaban J connectivity index is 0.00000400. The van der Waals surface area contributed by atoms with Crippen LogP contribution in [0.2, 0.25) is 10.0 Å². The largest absolute Gasteiger partial charge is 1.00 e. The van der Waals surface area contributed by atoms with E-state index in [2.05, 4.69) is 15.5 Å². The summed E-state index contributed by atoms with van der Waals surface area (Å²) in [4.78, 5) is 12.7. The number of ether oxygens (including phenoxy) is 1. The van der Waals surface area contributed by atoms with Crippen molar-refractivity contribution in [3.63, 3.8) is 0 Å². The number of amides is 1. The minimum absolute atomic E-state index is 0. The van der Waals surface area contributed by atoms with E-state index >= 15 is 0 Å². The van der Waals surface area contributed by atoms with Gasteiger partial charge in [-0.1, -0.05) is 53.2 Å². The van der Waals surface area contributed by atoms with Gasteiger partial charge in [0.15, 0.2) is 0 Å². The summed E-state index contributed by atoms with van der Waals surface area (Å²) in [5.74, 6) is -0.993. The first kappa shape index (κ1) is 29.9. The molecule has 0 radical (unpaired) electrons. The van der Waals surface area contributed by atoms with E-state index in [4.69, 9.17) is 27.9 Å². The molecule has 190 valence electrons. The fourth-order valence-corrected chi connectivity index (χ4v) is 4.91. The third-order valence-electron chi connectivity index (χ3n) is 5.42. The summed E-state index contributed by atoms with van der Waals surface area (Å²) >= 11 is 12.1. The van der Waals surface area contributed by atoms with Crippen LogP contribution in [0.5, 0.6) is 11.5 Å². The topological polar surface area (TPSA) is 140 Å². The van der Waals surface area contributed by atoms with Crippen molar-refractivity contribution in [2.24, 2.45) is 10.2 Å². The quantitative estimate of drug-likeness (QED) is 0.203. The molecule has 0 heterocycles. The zero-order valence-electron chi connectivity index (χ0n) is 20.3. The number of carbonyl (C=O) groups is 1. The molecule has 4 rings (SSSR count). The fourth-order valence-electron chi connectivity index (χ4n) is 3.64. The van der Waals surface area contributed by atoms with Crippen LogP contribution in [-0.4, -0.2) is 26.0 Å². The van der Waals surface area contributed by atoms with Gasteiger partial charge in [0.1, 0.15) is 10.6 Å². The molecule has 0 spiro atoms. The number of fused-ring (bicyclic) bond motifs is 1. The third-order valence-corrected chi connectivity index (χ3v) is 6.83. The molecular weight excluding hydrogens is 564 g/mol. The zero-order chi connectivity index (χ0) is 26.9. The normalized spacial score (nSPS) is 11.4. The SMILES string of the molecule is COc1cc(Cl)cc(NC(=O)c2cc3ccccc3c(N=Nc3cc(Cl)cc(S(=O)(=O)O)c3C)c2[O-])c1.[Na+]. The number of carbonyl (C=O) groups excluding carboxylic acids is 1. The Kier molecular flexibility index (Phi) is 9.43. The number of nitrogens with zero attached hydrogens (tertiary/aromatic N) is 2. The predicted molar refractivity (Wildman–Crippen MR) is 140 cm³/mol. The van der Waals surface area contributed by atoms with E-state index < -0.39 is 26.7 Å². The van der Waals surface area contributed by atoms with E-state index in [9.17, 15) is 22.9 Å². The standard InChI is InChI=1S/C25H19Cl2N3O6S.Na/c1-13-21(10-16(27)11-22(13)37(33,34)35)29-30-23-19-6-4-3-5-14(19)7-20(24(23)31)25(32)28-17-8-15(26)9-18(12-17)36-2;/h3-12,31H,1-2H3,(H,28,32)(H,33,34,35);/q;+1/p-1. The molecule has 0 aromatic heterocycles. The van der Waals surface area contributed by atoms with Crippen molar-refractivity contribution in [3.05, 3.63) is 81.8 Å². The van der Waals surface area contributed by atoms with Gasteiger partial charge in [-0.05, 0) is 48.2 Å². The van der Waals surface area contributed by atoms with Crippen LogP contribution in [0.4, 0.5) is 17.1 Å². The Hall–Kier alpha value is -2.70. The molecule has 9 nitrogen and oxygen atoms in total. The van der Waals surface area contributed by atoms with Crippen molar-refractivity contribution in [1.82, 2.24) is 0 Å². The van der Waals surface area contributed by atoms with Crippen molar-refractivity contribution < 1.29 is 57.2 Å². The molecular formula is C25H18Cl2N3NaO6S. The van der Waals surface area contributed by atoms with Gasteiger partial charge in [0, 0.05) is 32.7 Å². The van der Waals surface area contributed by atoms with Gasteiger partial charge < -0.3 is 15.2 Å². The minimum Gasteiger partial charge on any atom is -0.870 e. The Morgan fingerprint density at radius 3 is 2.39 bits per heavy atom. The summed E-state index contributed by atoms with van der Waals surface area (Å²) in [7, 11) is -3.13. The van der Waals surface area contributed by atoms with Gasteiger partial charge in [-0.2, -0.15) is 18.6 Å². The molecule has 38 heavy (non-hydrogen) atoms. The van der Waals surface area contributed by atoms with Crippen molar-refractivity contribution in [2.45, 2.75) is 11.8 Å². The molecule has 13 heteroatoms. The molecule has 0 aliphatic heterocycles. The number of azo groups is 1. The minimum atomic E-state index is -4.58. The van der Waals surface area contributed by atoms with Crippen LogP contribution in [-0.2, 0) is 10.1 Å². The first-order valence-electron chi connectivity index (χ1n) is 10.6. The van der Waals surface area contributed by atoms with Crippen molar-refractivity contribution in [1.29, 1.82) is 0 Å². The third kappa shape index (κ3) is 6.47. The molecule has 0 fully saturated rings. The second-order valence-electron chi connectivity index (χ2n) is 7.88. The number of anilines is 1. The van der Waals surface area contributed by atoms with Gasteiger partial charge in [-0.15, -0.1) is 0 Å². The van der Waals surface area contributed by atoms with Crippen LogP contribution in [0.15, 0.2) is 75.8 Å². The van der Waals surface area contributed by atoms with E-state index in [0.717, 1.165) is 6.07 Å². The van der Waals surface area contributed by atoms with E-state index in [1.165, 1.54) is 32.2 Å². The van der Waals surface area contributed by atoms with Crippen molar-refractivity contribution in [2.75, 3.05) is 12.4 Å². The summed E-state index contributed by atoms with van der Waals surface area (Å²) in [5, 5.41) is 25.4. The maximum absolute atomic E-state index is 13.4. The molecule has 1 amide bonds. The second-order valence-corrected chi connectivity index (χ2v) is 10.1. The predicted octanol–water partition coefficient (Wildman–Crippen LogP) is 3.46. The monoisotopic (exact) mass is 581 g/mol. The first-order chi connectivity index (χ1) is 17.5. The smallest absolute Gasteiger partial charge is 0.870 e. The molecule has 0 aliphatic carbocycles. The summed E-state index contributed by atoms with van der Waals surface area (Å²) in [5.41, 5.74) is 0.0748. The van der Waals surface area contributed by atoms with Crippen LogP contribution in [0.3, 0.4) is 0 Å². The summed E-state index contributed by atoms with van der Waals surface area (Å²) in [6.07, 6.45) is 0. The molecule has 0 atom stereocenters. The van der Waals surface area contributed by atoms with Gasteiger partial charge in [-0.3, -0.25) is 9.35 Å². The maximum atomic E-state index is 13.4. The number of halogens is 2. The molecule has 0 unspecified atom stereocenters. The number of hydrogen-bond donors (Lipinski definition) is 2. The number of methoxy groups -OCH3 is 1. The van der Waals surface area contributed by atoms with Crippen LogP contribution < -0.4 is 44.7 Å². The number of rotatable bonds is 6. The number of nitrogens with one attached hydrogen (secondary N) is 1. The fraction of sp³-hybridized carbons (Fsp3) is 0.0800. The molecule has 2 N–H and O–H groups in total. The average molecular weight is 582 g/mol. The van der Waals surface area contributed by atoms with Crippen molar-refractivity contribution >= 4 is 67.1 Å². The van der Waals surface area contributed by atoms with Gasteiger partial charge in [0.2, 0.25) is 0 Å². The molecule has 0 bridgehead atoms. The average Bonchev–Trinajstić information content (AvgIpc) is 2.83. The number of hydrogen-bond acceptors (Lipinski definition) is 7. The molecule has 0 saturated heterocycles. The van der Waals surface area contributed by atoms with E-state index in [1.54, 1.807) is 36.4 Å². The van der Waals surface area contributed by atoms with Crippen molar-refractivity contribution in [3.8, 4) is 11.5 Å². The molecule has 4 aromatic carbocycles. The summed E-state index contributed by atoms with van der Waals surface area (Å²) in [6.45, 7) is 1.41. The molecule has 0 saturated carbocycles. The Morgan fingerprint density at radius 2 is 1.71 bits per heavy atom. The number of benzene rings is 4. The van der Waals surface area contributed by atoms with E-state index in [-0.39, 0.29) is 57.1 Å². The Morgan fingerprint density at radius 1 is 1.03 bits per heavy atom. The van der Waals surface area contributed by atoms with Gasteiger partial charge in [0.05, 0.1) is 18.5 Å².